The van der Waals surface area contributed by atoms with Crippen LogP contribution in [0.4, 0.5) is 0 Å². The van der Waals surface area contributed by atoms with Crippen LogP contribution in [0.2, 0.25) is 0 Å². The van der Waals surface area contributed by atoms with Crippen LogP contribution in [-0.2, 0) is 4.79 Å². The Morgan fingerprint density at radius 1 is 1.75 bits per heavy atom. The van der Waals surface area contributed by atoms with Crippen LogP contribution in [0.1, 0.15) is 26.7 Å². The number of rotatable bonds is 2. The molecule has 0 amide bonds. The average Bonchev–Trinajstić information content (AvgIpc) is 2.03. The molecule has 0 aromatic carbocycles. The van der Waals surface area contributed by atoms with E-state index < -0.39 is 0 Å². The fraction of sp³-hybridized carbons (Fsp3) is 0.700. The summed E-state index contributed by atoms with van der Waals surface area (Å²) in [5.41, 5.74) is 6.64. The first-order valence-electron chi connectivity index (χ1n) is 4.47. The van der Waals surface area contributed by atoms with Gasteiger partial charge in [-0.3, -0.25) is 4.79 Å². The molecule has 0 aromatic heterocycles. The van der Waals surface area contributed by atoms with Crippen LogP contribution in [-0.4, -0.2) is 12.8 Å². The maximum absolute atomic E-state index is 10.7. The van der Waals surface area contributed by atoms with Crippen molar-refractivity contribution < 1.29 is 4.79 Å². The largest absolute Gasteiger partial charge is 0.330 e. The Kier molecular flexibility index (Phi) is 2.68. The highest BCUT2D eigenvalue weighted by atomic mass is 16.1. The zero-order valence-corrected chi connectivity index (χ0v) is 7.84. The highest BCUT2D eigenvalue weighted by Gasteiger charge is 2.26. The maximum Gasteiger partial charge on any atom is 0.146 e. The van der Waals surface area contributed by atoms with Gasteiger partial charge in [0.25, 0.3) is 0 Å². The SMILES string of the molecule is CC1(C)C=C(C=O)C(CN)CC1. The molecule has 0 saturated carbocycles. The molecular formula is C10H17NO. The van der Waals surface area contributed by atoms with Gasteiger partial charge in [-0.25, -0.2) is 0 Å². The van der Waals surface area contributed by atoms with Gasteiger partial charge in [-0.2, -0.15) is 0 Å². The average molecular weight is 167 g/mol. The number of nitrogens with two attached hydrogens (primary N) is 1. The maximum atomic E-state index is 10.7. The number of carbonyl (C=O) groups is 1. The van der Waals surface area contributed by atoms with Crippen LogP contribution in [0.15, 0.2) is 11.6 Å². The Labute approximate surface area is 73.8 Å². The molecule has 1 rings (SSSR count). The molecule has 0 bridgehead atoms. The summed E-state index contributed by atoms with van der Waals surface area (Å²) < 4.78 is 0. The summed E-state index contributed by atoms with van der Waals surface area (Å²) in [5.74, 6) is 0.301. The van der Waals surface area contributed by atoms with Crippen LogP contribution in [0.25, 0.3) is 0 Å². The van der Waals surface area contributed by atoms with Crippen molar-refractivity contribution in [2.45, 2.75) is 26.7 Å². The minimum absolute atomic E-state index is 0.182. The predicted octanol–water partition coefficient (Wildman–Crippen LogP) is 1.51. The number of allylic oxidation sites excluding steroid dienone is 1. The third-order valence-electron chi connectivity index (χ3n) is 2.59. The molecule has 0 fully saturated rings. The molecule has 0 heterocycles. The highest BCUT2D eigenvalue weighted by molar-refractivity contribution is 5.74. The Morgan fingerprint density at radius 3 is 2.92 bits per heavy atom. The number of hydrogen-bond donors (Lipinski definition) is 1. The summed E-state index contributed by atoms with van der Waals surface area (Å²) in [6, 6.07) is 0. The normalized spacial score (nSPS) is 27.9. The van der Waals surface area contributed by atoms with E-state index in [9.17, 15) is 4.79 Å². The van der Waals surface area contributed by atoms with Crippen molar-refractivity contribution in [3.8, 4) is 0 Å². The molecule has 1 aliphatic carbocycles. The minimum atomic E-state index is 0.182. The standard InChI is InChI=1S/C10H17NO/c1-10(2)4-3-8(6-11)9(5-10)7-12/h5,7-8H,3-4,6,11H2,1-2H3. The van der Waals surface area contributed by atoms with Crippen molar-refractivity contribution in [1.29, 1.82) is 0 Å². The monoisotopic (exact) mass is 167 g/mol. The van der Waals surface area contributed by atoms with Crippen LogP contribution in [0, 0.1) is 11.3 Å². The Hall–Kier alpha value is -0.630. The quantitative estimate of drug-likeness (QED) is 0.633. The Bertz CT molecular complexity index is 206. The zero-order valence-electron chi connectivity index (χ0n) is 7.84. The molecule has 0 radical (unpaired) electrons. The van der Waals surface area contributed by atoms with Crippen LogP contribution in [0.3, 0.4) is 0 Å². The van der Waals surface area contributed by atoms with Gasteiger partial charge < -0.3 is 5.73 Å². The van der Waals surface area contributed by atoms with E-state index >= 15 is 0 Å². The molecule has 12 heavy (non-hydrogen) atoms. The fourth-order valence-corrected chi connectivity index (χ4v) is 1.74. The van der Waals surface area contributed by atoms with E-state index in [0.717, 1.165) is 24.7 Å². The predicted molar refractivity (Wildman–Crippen MR) is 49.7 cm³/mol. The number of aldehydes is 1. The second-order valence-corrected chi connectivity index (χ2v) is 4.22. The second-order valence-electron chi connectivity index (χ2n) is 4.22. The van der Waals surface area contributed by atoms with Gasteiger partial charge in [0, 0.05) is 0 Å². The third-order valence-corrected chi connectivity index (χ3v) is 2.59. The van der Waals surface area contributed by atoms with E-state index in [0.29, 0.717) is 12.5 Å². The second kappa shape index (κ2) is 3.40. The molecule has 2 nitrogen and oxygen atoms in total. The third kappa shape index (κ3) is 1.95. The summed E-state index contributed by atoms with van der Waals surface area (Å²) >= 11 is 0. The molecule has 1 atom stereocenters. The molecule has 0 spiro atoms. The lowest BCUT2D eigenvalue weighted by atomic mass is 9.75. The molecule has 0 saturated heterocycles. The van der Waals surface area contributed by atoms with E-state index in [-0.39, 0.29) is 5.41 Å². The molecule has 1 unspecified atom stereocenters. The van der Waals surface area contributed by atoms with Gasteiger partial charge in [0.1, 0.15) is 6.29 Å². The molecule has 0 aromatic rings. The zero-order chi connectivity index (χ0) is 9.19. The van der Waals surface area contributed by atoms with Gasteiger partial charge in [0.2, 0.25) is 0 Å². The van der Waals surface area contributed by atoms with Gasteiger partial charge in [-0.15, -0.1) is 0 Å². The van der Waals surface area contributed by atoms with E-state index in [4.69, 9.17) is 5.73 Å². The first-order chi connectivity index (χ1) is 5.59. The molecular weight excluding hydrogens is 150 g/mol. The molecule has 0 aliphatic heterocycles. The van der Waals surface area contributed by atoms with E-state index in [2.05, 4.69) is 19.9 Å². The van der Waals surface area contributed by atoms with Crippen molar-refractivity contribution in [3.63, 3.8) is 0 Å². The molecule has 2 heteroatoms. The molecule has 2 N–H and O–H groups in total. The summed E-state index contributed by atoms with van der Waals surface area (Å²) in [7, 11) is 0. The summed E-state index contributed by atoms with van der Waals surface area (Å²) in [6.45, 7) is 4.91. The van der Waals surface area contributed by atoms with Crippen molar-refractivity contribution in [3.05, 3.63) is 11.6 Å². The Balaban J connectivity index is 2.84. The Morgan fingerprint density at radius 2 is 2.42 bits per heavy atom. The summed E-state index contributed by atoms with van der Waals surface area (Å²) in [4.78, 5) is 10.7. The van der Waals surface area contributed by atoms with Crippen LogP contribution >= 0.6 is 0 Å². The molecule has 68 valence electrons. The number of carbonyl (C=O) groups excluding carboxylic acids is 1. The van der Waals surface area contributed by atoms with Crippen molar-refractivity contribution in [2.75, 3.05) is 6.54 Å². The van der Waals surface area contributed by atoms with Gasteiger partial charge in [0.05, 0.1) is 0 Å². The highest BCUT2D eigenvalue weighted by Crippen LogP contribution is 2.35. The van der Waals surface area contributed by atoms with Crippen LogP contribution < -0.4 is 5.73 Å². The fourth-order valence-electron chi connectivity index (χ4n) is 1.74. The minimum Gasteiger partial charge on any atom is -0.330 e. The lowest BCUT2D eigenvalue weighted by Gasteiger charge is -2.30. The van der Waals surface area contributed by atoms with Gasteiger partial charge in [0.15, 0.2) is 0 Å². The van der Waals surface area contributed by atoms with Crippen molar-refractivity contribution in [2.24, 2.45) is 17.1 Å². The van der Waals surface area contributed by atoms with Crippen molar-refractivity contribution >= 4 is 6.29 Å². The first-order valence-corrected chi connectivity index (χ1v) is 4.47. The lowest BCUT2D eigenvalue weighted by molar-refractivity contribution is -0.105. The summed E-state index contributed by atoms with van der Waals surface area (Å²) in [6.07, 6.45) is 5.21. The van der Waals surface area contributed by atoms with Crippen LogP contribution in [0.5, 0.6) is 0 Å². The molecule has 1 aliphatic rings. The van der Waals surface area contributed by atoms with E-state index in [1.807, 2.05) is 0 Å². The topological polar surface area (TPSA) is 43.1 Å². The van der Waals surface area contributed by atoms with E-state index in [1.54, 1.807) is 0 Å². The van der Waals surface area contributed by atoms with Gasteiger partial charge in [-0.05, 0) is 36.3 Å². The van der Waals surface area contributed by atoms with Gasteiger partial charge >= 0.3 is 0 Å². The van der Waals surface area contributed by atoms with Crippen molar-refractivity contribution in [1.82, 2.24) is 0 Å². The van der Waals surface area contributed by atoms with Gasteiger partial charge in [-0.1, -0.05) is 19.9 Å². The van der Waals surface area contributed by atoms with E-state index in [1.165, 1.54) is 0 Å². The summed E-state index contributed by atoms with van der Waals surface area (Å²) in [5, 5.41) is 0. The number of hydrogen-bond acceptors (Lipinski definition) is 2. The first kappa shape index (κ1) is 9.46. The lowest BCUT2D eigenvalue weighted by Crippen LogP contribution is -2.26. The smallest absolute Gasteiger partial charge is 0.146 e.